The molecule has 1 heterocycles. The first-order valence-electron chi connectivity index (χ1n) is 6.71. The summed E-state index contributed by atoms with van der Waals surface area (Å²) in [5.41, 5.74) is 1.84. The molecule has 0 aliphatic carbocycles. The Morgan fingerprint density at radius 1 is 0.958 bits per heavy atom. The number of benzene rings is 2. The van der Waals surface area contributed by atoms with Gasteiger partial charge in [-0.2, -0.15) is 10.2 Å². The van der Waals surface area contributed by atoms with Crippen LogP contribution in [0.4, 0.5) is 11.4 Å². The monoisotopic (exact) mass is 374 g/mol. The van der Waals surface area contributed by atoms with Gasteiger partial charge in [-0.3, -0.25) is 0 Å². The Labute approximate surface area is 149 Å². The SMILES string of the molecule is O=C(O)c1cc(/N=N/c2ccc(-c3cc(=S)ss3)cc2)ccc1O. The van der Waals surface area contributed by atoms with Crippen molar-refractivity contribution in [2.24, 2.45) is 10.2 Å². The average Bonchev–Trinajstić information content (AvgIpc) is 3.01. The summed E-state index contributed by atoms with van der Waals surface area (Å²) in [5.74, 6) is -1.52. The normalized spacial score (nSPS) is 11.0. The summed E-state index contributed by atoms with van der Waals surface area (Å²) in [6.45, 7) is 0. The zero-order valence-corrected chi connectivity index (χ0v) is 14.5. The number of rotatable bonds is 4. The number of carboxylic acids is 1. The van der Waals surface area contributed by atoms with Gasteiger partial charge in [0.25, 0.3) is 0 Å². The number of aromatic carboxylic acids is 1. The Morgan fingerprint density at radius 3 is 2.25 bits per heavy atom. The lowest BCUT2D eigenvalue weighted by molar-refractivity contribution is 0.0694. The maximum Gasteiger partial charge on any atom is 0.339 e. The van der Waals surface area contributed by atoms with E-state index in [0.717, 1.165) is 14.3 Å². The van der Waals surface area contributed by atoms with E-state index in [0.29, 0.717) is 11.4 Å². The van der Waals surface area contributed by atoms with Crippen molar-refractivity contribution in [3.05, 3.63) is 57.9 Å². The Balaban J connectivity index is 1.81. The van der Waals surface area contributed by atoms with Crippen molar-refractivity contribution in [2.45, 2.75) is 0 Å². The van der Waals surface area contributed by atoms with Crippen molar-refractivity contribution < 1.29 is 15.0 Å². The van der Waals surface area contributed by atoms with Crippen molar-refractivity contribution in [2.75, 3.05) is 0 Å². The van der Waals surface area contributed by atoms with E-state index in [1.54, 1.807) is 20.7 Å². The van der Waals surface area contributed by atoms with Crippen LogP contribution in [0.1, 0.15) is 10.4 Å². The third kappa shape index (κ3) is 3.73. The molecule has 5 nitrogen and oxygen atoms in total. The summed E-state index contributed by atoms with van der Waals surface area (Å²) in [6, 6.07) is 13.5. The van der Waals surface area contributed by atoms with Gasteiger partial charge in [0.05, 0.1) is 11.4 Å². The molecule has 0 spiro atoms. The Kier molecular flexibility index (Phi) is 4.79. The van der Waals surface area contributed by atoms with Crippen molar-refractivity contribution >= 4 is 50.2 Å². The van der Waals surface area contributed by atoms with E-state index in [1.165, 1.54) is 18.2 Å². The number of carbonyl (C=O) groups is 1. The van der Waals surface area contributed by atoms with Gasteiger partial charge in [-0.05, 0) is 42.0 Å². The maximum absolute atomic E-state index is 11.0. The molecule has 1 aromatic heterocycles. The van der Waals surface area contributed by atoms with Crippen LogP contribution in [0.5, 0.6) is 5.75 Å². The Morgan fingerprint density at radius 2 is 1.62 bits per heavy atom. The van der Waals surface area contributed by atoms with Crippen molar-refractivity contribution in [3.8, 4) is 16.2 Å². The molecule has 2 aromatic carbocycles. The van der Waals surface area contributed by atoms with Gasteiger partial charge in [0.2, 0.25) is 0 Å². The fourth-order valence-corrected chi connectivity index (χ4v) is 4.34. The Bertz CT molecular complexity index is 975. The van der Waals surface area contributed by atoms with E-state index in [2.05, 4.69) is 10.2 Å². The first-order valence-corrected chi connectivity index (χ1v) is 9.27. The number of hydrogen-bond acceptors (Lipinski definition) is 7. The zero-order valence-electron chi connectivity index (χ0n) is 12.0. The molecule has 0 unspecified atom stereocenters. The summed E-state index contributed by atoms with van der Waals surface area (Å²) in [7, 11) is 3.19. The molecule has 3 aromatic rings. The molecule has 8 heteroatoms. The molecule has 0 saturated heterocycles. The molecule has 0 saturated carbocycles. The molecule has 0 bridgehead atoms. The van der Waals surface area contributed by atoms with Gasteiger partial charge in [-0.1, -0.05) is 45.0 Å². The van der Waals surface area contributed by atoms with Gasteiger partial charge in [-0.25, -0.2) is 4.79 Å². The lowest BCUT2D eigenvalue weighted by Gasteiger charge is -2.00. The Hall–Kier alpha value is -2.42. The molecular formula is C16H10N2O3S3. The van der Waals surface area contributed by atoms with Crippen LogP contribution >= 0.6 is 32.9 Å². The topological polar surface area (TPSA) is 82.2 Å². The minimum absolute atomic E-state index is 0.208. The first kappa shape index (κ1) is 16.4. The van der Waals surface area contributed by atoms with Crippen LogP contribution in [0.15, 0.2) is 58.8 Å². The number of hydrogen-bond donors (Lipinski definition) is 2. The van der Waals surface area contributed by atoms with Gasteiger partial charge in [0, 0.05) is 4.88 Å². The van der Waals surface area contributed by atoms with Crippen LogP contribution in [0.25, 0.3) is 10.4 Å². The van der Waals surface area contributed by atoms with E-state index in [9.17, 15) is 9.90 Å². The second kappa shape index (κ2) is 7.00. The molecule has 0 aliphatic rings. The predicted molar refractivity (Wildman–Crippen MR) is 97.7 cm³/mol. The first-order chi connectivity index (χ1) is 11.5. The molecule has 0 fully saturated rings. The summed E-state index contributed by atoms with van der Waals surface area (Å²) < 4.78 is 0.861. The number of aromatic hydroxyl groups is 1. The van der Waals surface area contributed by atoms with Gasteiger partial charge in [0.15, 0.2) is 0 Å². The van der Waals surface area contributed by atoms with E-state index in [1.807, 2.05) is 30.3 Å². The van der Waals surface area contributed by atoms with Crippen LogP contribution in [-0.2, 0) is 0 Å². The number of carboxylic acid groups (broad SMARTS) is 1. The number of azo groups is 1. The summed E-state index contributed by atoms with van der Waals surface area (Å²) in [5, 5.41) is 26.5. The average molecular weight is 374 g/mol. The predicted octanol–water partition coefficient (Wildman–Crippen LogP) is 6.03. The van der Waals surface area contributed by atoms with Crippen LogP contribution in [-0.4, -0.2) is 16.2 Å². The second-order valence-electron chi connectivity index (χ2n) is 4.75. The van der Waals surface area contributed by atoms with E-state index in [4.69, 9.17) is 17.3 Å². The molecular weight excluding hydrogens is 364 g/mol. The summed E-state index contributed by atoms with van der Waals surface area (Å²) in [6.07, 6.45) is 0. The molecule has 0 aliphatic heterocycles. The minimum atomic E-state index is -1.22. The van der Waals surface area contributed by atoms with Crippen molar-refractivity contribution in [1.29, 1.82) is 0 Å². The van der Waals surface area contributed by atoms with E-state index < -0.39 is 5.97 Å². The smallest absolute Gasteiger partial charge is 0.339 e. The zero-order chi connectivity index (χ0) is 17.1. The van der Waals surface area contributed by atoms with Gasteiger partial charge in [-0.15, -0.1) is 0 Å². The van der Waals surface area contributed by atoms with Crippen LogP contribution in [0.2, 0.25) is 0 Å². The van der Waals surface area contributed by atoms with Crippen molar-refractivity contribution in [3.63, 3.8) is 0 Å². The minimum Gasteiger partial charge on any atom is -0.507 e. The maximum atomic E-state index is 11.0. The highest BCUT2D eigenvalue weighted by Crippen LogP contribution is 2.31. The number of nitrogens with zero attached hydrogens (tertiary/aromatic N) is 2. The molecule has 0 radical (unpaired) electrons. The van der Waals surface area contributed by atoms with E-state index >= 15 is 0 Å². The molecule has 3 rings (SSSR count). The molecule has 120 valence electrons. The molecule has 0 atom stereocenters. The van der Waals surface area contributed by atoms with E-state index in [-0.39, 0.29) is 11.3 Å². The van der Waals surface area contributed by atoms with Gasteiger partial charge in [0.1, 0.15) is 15.1 Å². The highest BCUT2D eigenvalue weighted by molar-refractivity contribution is 7.80. The fraction of sp³-hybridized carbons (Fsp3) is 0. The summed E-state index contributed by atoms with van der Waals surface area (Å²) >= 11 is 5.13. The van der Waals surface area contributed by atoms with Crippen LogP contribution in [0.3, 0.4) is 0 Å². The number of phenols is 1. The molecule has 24 heavy (non-hydrogen) atoms. The third-order valence-corrected chi connectivity index (χ3v) is 6.02. The largest absolute Gasteiger partial charge is 0.507 e. The quantitative estimate of drug-likeness (QED) is 0.332. The van der Waals surface area contributed by atoms with Crippen molar-refractivity contribution in [1.82, 2.24) is 0 Å². The standard InChI is InChI=1S/C16H10N2O3S3/c19-13-6-5-11(7-12(13)16(20)21)18-17-10-3-1-9(2-4-10)14-8-15(22)24-23-14/h1-8,19H,(H,20,21)/b18-17+. The highest BCUT2D eigenvalue weighted by Gasteiger charge is 2.09. The second-order valence-corrected chi connectivity index (χ2v) is 7.66. The van der Waals surface area contributed by atoms with Crippen LogP contribution < -0.4 is 0 Å². The molecule has 2 N–H and O–H groups in total. The van der Waals surface area contributed by atoms with Crippen LogP contribution in [0, 0.1) is 3.82 Å². The summed E-state index contributed by atoms with van der Waals surface area (Å²) in [4.78, 5) is 12.1. The lowest BCUT2D eigenvalue weighted by atomic mass is 10.2. The van der Waals surface area contributed by atoms with Gasteiger partial charge >= 0.3 is 5.97 Å². The lowest BCUT2D eigenvalue weighted by Crippen LogP contribution is -1.95. The molecule has 0 amide bonds. The third-order valence-electron chi connectivity index (χ3n) is 3.11. The fourth-order valence-electron chi connectivity index (χ4n) is 1.94. The highest BCUT2D eigenvalue weighted by atomic mass is 32.9. The van der Waals surface area contributed by atoms with Gasteiger partial charge < -0.3 is 10.2 Å².